The predicted molar refractivity (Wildman–Crippen MR) is 76.8 cm³/mol. The topological polar surface area (TPSA) is 32.9 Å². The van der Waals surface area contributed by atoms with Gasteiger partial charge in [-0.2, -0.15) is 0 Å². The van der Waals surface area contributed by atoms with Crippen LogP contribution in [0, 0.1) is 0 Å². The number of rotatable bonds is 2. The minimum atomic E-state index is 0.693. The number of aldehydes is 1. The van der Waals surface area contributed by atoms with E-state index in [2.05, 4.69) is 20.9 Å². The van der Waals surface area contributed by atoms with E-state index in [0.717, 1.165) is 32.8 Å². The molecule has 18 heavy (non-hydrogen) atoms. The number of hydrogen-bond acceptors (Lipinski definition) is 1. The highest BCUT2D eigenvalue weighted by Crippen LogP contribution is 2.35. The zero-order valence-electron chi connectivity index (χ0n) is 9.48. The van der Waals surface area contributed by atoms with Crippen molar-refractivity contribution in [1.82, 2.24) is 4.98 Å². The summed E-state index contributed by atoms with van der Waals surface area (Å²) in [7, 11) is 0. The molecule has 2 aromatic carbocycles. The molecule has 1 N–H and O–H groups in total. The van der Waals surface area contributed by atoms with E-state index in [9.17, 15) is 4.79 Å². The highest BCUT2D eigenvalue weighted by molar-refractivity contribution is 9.10. The molecule has 0 atom stereocenters. The Bertz CT molecular complexity index is 730. The predicted octanol–water partition coefficient (Wildman–Crippen LogP) is 4.41. The molecule has 0 unspecified atom stereocenters. The van der Waals surface area contributed by atoms with Gasteiger partial charge >= 0.3 is 0 Å². The van der Waals surface area contributed by atoms with Crippen molar-refractivity contribution >= 4 is 33.1 Å². The Labute approximate surface area is 113 Å². The number of benzene rings is 2. The van der Waals surface area contributed by atoms with Crippen LogP contribution in [0.1, 0.15) is 10.4 Å². The molecule has 2 nitrogen and oxygen atoms in total. The van der Waals surface area contributed by atoms with Crippen LogP contribution in [0.3, 0.4) is 0 Å². The zero-order valence-corrected chi connectivity index (χ0v) is 11.1. The lowest BCUT2D eigenvalue weighted by atomic mass is 9.97. The molecule has 0 bridgehead atoms. The Morgan fingerprint density at radius 2 is 1.89 bits per heavy atom. The fourth-order valence-electron chi connectivity index (χ4n) is 2.23. The van der Waals surface area contributed by atoms with E-state index in [1.165, 1.54) is 0 Å². The van der Waals surface area contributed by atoms with Crippen molar-refractivity contribution in [3.05, 3.63) is 58.7 Å². The highest BCUT2D eigenvalue weighted by atomic mass is 79.9. The zero-order chi connectivity index (χ0) is 12.5. The third-order valence-electron chi connectivity index (χ3n) is 3.04. The Morgan fingerprint density at radius 3 is 2.72 bits per heavy atom. The van der Waals surface area contributed by atoms with Crippen LogP contribution in [0.25, 0.3) is 22.0 Å². The van der Waals surface area contributed by atoms with Gasteiger partial charge in [0.25, 0.3) is 0 Å². The first-order valence-electron chi connectivity index (χ1n) is 5.61. The highest BCUT2D eigenvalue weighted by Gasteiger charge is 2.11. The molecular formula is C15H10BrNO. The van der Waals surface area contributed by atoms with Crippen LogP contribution in [0.4, 0.5) is 0 Å². The monoisotopic (exact) mass is 299 g/mol. The number of carbonyl (C=O) groups excluding carboxylic acids is 1. The summed E-state index contributed by atoms with van der Waals surface area (Å²) in [5.41, 5.74) is 3.76. The van der Waals surface area contributed by atoms with Gasteiger partial charge in [0.05, 0.1) is 0 Å². The second-order valence-corrected chi connectivity index (χ2v) is 4.92. The van der Waals surface area contributed by atoms with Gasteiger partial charge in [-0.3, -0.25) is 4.79 Å². The summed E-state index contributed by atoms with van der Waals surface area (Å²) >= 11 is 3.53. The number of fused-ring (bicyclic) bond motifs is 1. The molecule has 0 saturated heterocycles. The van der Waals surface area contributed by atoms with Crippen molar-refractivity contribution in [1.29, 1.82) is 0 Å². The minimum absolute atomic E-state index is 0.693. The molecule has 88 valence electrons. The van der Waals surface area contributed by atoms with Crippen LogP contribution >= 0.6 is 15.9 Å². The van der Waals surface area contributed by atoms with Gasteiger partial charge in [0.15, 0.2) is 6.29 Å². The van der Waals surface area contributed by atoms with Crippen LogP contribution in [-0.4, -0.2) is 11.3 Å². The fourth-order valence-corrected chi connectivity index (χ4v) is 2.82. The standard InChI is InChI=1S/C15H10BrNO/c16-13-5-1-3-10(9-18)15(13)12-4-2-6-14-11(12)7-8-17-14/h1-9,17H. The van der Waals surface area contributed by atoms with Crippen LogP contribution in [0.15, 0.2) is 53.1 Å². The van der Waals surface area contributed by atoms with Gasteiger partial charge in [0.1, 0.15) is 0 Å². The minimum Gasteiger partial charge on any atom is -0.361 e. The summed E-state index contributed by atoms with van der Waals surface area (Å²) < 4.78 is 0.931. The van der Waals surface area contributed by atoms with Crippen LogP contribution < -0.4 is 0 Å². The molecule has 0 radical (unpaired) electrons. The van der Waals surface area contributed by atoms with E-state index in [0.29, 0.717) is 5.56 Å². The summed E-state index contributed by atoms with van der Waals surface area (Å²) in [5, 5.41) is 1.12. The second kappa shape index (κ2) is 4.42. The van der Waals surface area contributed by atoms with Gasteiger partial charge in [-0.15, -0.1) is 0 Å². The fraction of sp³-hybridized carbons (Fsp3) is 0. The first-order valence-corrected chi connectivity index (χ1v) is 6.41. The first kappa shape index (κ1) is 11.2. The van der Waals surface area contributed by atoms with Gasteiger partial charge in [0.2, 0.25) is 0 Å². The van der Waals surface area contributed by atoms with Gasteiger partial charge in [-0.25, -0.2) is 0 Å². The Balaban J connectivity index is 2.39. The normalized spacial score (nSPS) is 10.7. The largest absolute Gasteiger partial charge is 0.361 e. The lowest BCUT2D eigenvalue weighted by Crippen LogP contribution is -1.89. The van der Waals surface area contributed by atoms with Gasteiger partial charge in [-0.1, -0.05) is 40.2 Å². The van der Waals surface area contributed by atoms with Crippen molar-refractivity contribution in [2.75, 3.05) is 0 Å². The average molecular weight is 300 g/mol. The van der Waals surface area contributed by atoms with E-state index in [1.807, 2.05) is 48.7 Å². The molecule has 3 rings (SSSR count). The maximum absolute atomic E-state index is 11.2. The van der Waals surface area contributed by atoms with Gasteiger partial charge < -0.3 is 4.98 Å². The number of H-pyrrole nitrogens is 1. The van der Waals surface area contributed by atoms with Gasteiger partial charge in [-0.05, 0) is 23.8 Å². The van der Waals surface area contributed by atoms with Crippen LogP contribution in [0.2, 0.25) is 0 Å². The molecule has 1 aromatic heterocycles. The number of halogens is 1. The van der Waals surface area contributed by atoms with Crippen molar-refractivity contribution < 1.29 is 4.79 Å². The quantitative estimate of drug-likeness (QED) is 0.699. The third-order valence-corrected chi connectivity index (χ3v) is 3.70. The summed E-state index contributed by atoms with van der Waals surface area (Å²) in [6.45, 7) is 0. The summed E-state index contributed by atoms with van der Waals surface area (Å²) in [6.07, 6.45) is 2.80. The number of aromatic amines is 1. The van der Waals surface area contributed by atoms with E-state index >= 15 is 0 Å². The Kier molecular flexibility index (Phi) is 2.76. The van der Waals surface area contributed by atoms with E-state index in [-0.39, 0.29) is 0 Å². The number of aromatic nitrogens is 1. The summed E-state index contributed by atoms with van der Waals surface area (Å²) in [6, 6.07) is 13.7. The summed E-state index contributed by atoms with van der Waals surface area (Å²) in [4.78, 5) is 14.4. The Morgan fingerprint density at radius 1 is 1.06 bits per heavy atom. The molecule has 0 aliphatic rings. The number of hydrogen-bond donors (Lipinski definition) is 1. The van der Waals surface area contributed by atoms with E-state index < -0.39 is 0 Å². The molecule has 0 aliphatic carbocycles. The van der Waals surface area contributed by atoms with Crippen molar-refractivity contribution in [3.63, 3.8) is 0 Å². The molecule has 0 aliphatic heterocycles. The molecule has 3 heteroatoms. The van der Waals surface area contributed by atoms with Crippen molar-refractivity contribution in [3.8, 4) is 11.1 Å². The number of nitrogens with one attached hydrogen (secondary N) is 1. The maximum atomic E-state index is 11.2. The lowest BCUT2D eigenvalue weighted by Gasteiger charge is -2.09. The van der Waals surface area contributed by atoms with Crippen LogP contribution in [-0.2, 0) is 0 Å². The van der Waals surface area contributed by atoms with Gasteiger partial charge in [0, 0.05) is 32.7 Å². The molecule has 0 fully saturated rings. The first-order chi connectivity index (χ1) is 8.81. The Hall–Kier alpha value is -1.87. The molecular weight excluding hydrogens is 290 g/mol. The average Bonchev–Trinajstić information content (AvgIpc) is 2.86. The molecule has 0 amide bonds. The lowest BCUT2D eigenvalue weighted by molar-refractivity contribution is 0.112. The molecule has 1 heterocycles. The smallest absolute Gasteiger partial charge is 0.150 e. The van der Waals surface area contributed by atoms with Crippen LogP contribution in [0.5, 0.6) is 0 Å². The summed E-state index contributed by atoms with van der Waals surface area (Å²) in [5.74, 6) is 0. The molecule has 0 spiro atoms. The van der Waals surface area contributed by atoms with E-state index in [4.69, 9.17) is 0 Å². The van der Waals surface area contributed by atoms with Crippen molar-refractivity contribution in [2.24, 2.45) is 0 Å². The third kappa shape index (κ3) is 1.68. The van der Waals surface area contributed by atoms with Crippen molar-refractivity contribution in [2.45, 2.75) is 0 Å². The second-order valence-electron chi connectivity index (χ2n) is 4.07. The SMILES string of the molecule is O=Cc1cccc(Br)c1-c1cccc2[nH]ccc12. The number of carbonyl (C=O) groups is 1. The molecule has 0 saturated carbocycles. The van der Waals surface area contributed by atoms with E-state index in [1.54, 1.807) is 0 Å². The molecule has 3 aromatic rings. The maximum Gasteiger partial charge on any atom is 0.150 e.